The molecule has 0 unspecified atom stereocenters. The molecule has 0 atom stereocenters. The van der Waals surface area contributed by atoms with Crippen molar-refractivity contribution in [1.29, 1.82) is 0 Å². The second-order valence-corrected chi connectivity index (χ2v) is 7.92. The summed E-state index contributed by atoms with van der Waals surface area (Å²) < 4.78 is 12.4. The van der Waals surface area contributed by atoms with Crippen LogP contribution >= 0.6 is 0 Å². The van der Waals surface area contributed by atoms with E-state index in [0.717, 1.165) is 5.56 Å². The average molecular weight is 418 g/mol. The van der Waals surface area contributed by atoms with Crippen molar-refractivity contribution in [2.75, 3.05) is 7.11 Å². The first-order valence-electron chi connectivity index (χ1n) is 9.68. The molecule has 31 heavy (non-hydrogen) atoms. The Hall–Kier alpha value is -3.94. The zero-order chi connectivity index (χ0) is 22.2. The first-order valence-corrected chi connectivity index (χ1v) is 9.68. The molecule has 158 valence electrons. The number of aromatic nitrogens is 4. The van der Waals surface area contributed by atoms with Gasteiger partial charge in [0.1, 0.15) is 17.0 Å². The van der Waals surface area contributed by atoms with Gasteiger partial charge in [0.25, 0.3) is 0 Å². The van der Waals surface area contributed by atoms with Crippen molar-refractivity contribution in [3.8, 4) is 34.1 Å². The van der Waals surface area contributed by atoms with Crippen LogP contribution < -0.4 is 4.74 Å². The number of rotatable bonds is 3. The number of nitrogens with zero attached hydrogens (tertiary/aromatic N) is 4. The summed E-state index contributed by atoms with van der Waals surface area (Å²) in [6, 6.07) is 12.4. The summed E-state index contributed by atoms with van der Waals surface area (Å²) >= 11 is 0. The van der Waals surface area contributed by atoms with Gasteiger partial charge in [-0.05, 0) is 51.1 Å². The molecule has 0 aliphatic heterocycles. The Morgan fingerprint density at radius 2 is 1.77 bits per heavy atom. The van der Waals surface area contributed by atoms with E-state index in [1.807, 2.05) is 0 Å². The fourth-order valence-electron chi connectivity index (χ4n) is 3.33. The molecular weight excluding hydrogens is 396 g/mol. The molecule has 0 fully saturated rings. The van der Waals surface area contributed by atoms with E-state index in [1.54, 1.807) is 75.6 Å². The van der Waals surface area contributed by atoms with Crippen LogP contribution in [0.25, 0.3) is 33.4 Å². The van der Waals surface area contributed by atoms with Gasteiger partial charge in [0.05, 0.1) is 23.9 Å². The van der Waals surface area contributed by atoms with Crippen LogP contribution in [0.2, 0.25) is 0 Å². The zero-order valence-electron chi connectivity index (χ0n) is 17.7. The summed E-state index contributed by atoms with van der Waals surface area (Å²) in [5.74, 6) is 0.0918. The van der Waals surface area contributed by atoms with E-state index in [1.165, 1.54) is 11.7 Å². The van der Waals surface area contributed by atoms with Gasteiger partial charge in [-0.3, -0.25) is 4.98 Å². The van der Waals surface area contributed by atoms with Crippen LogP contribution in [0.4, 0.5) is 4.79 Å². The fourth-order valence-corrected chi connectivity index (χ4v) is 3.33. The highest BCUT2D eigenvalue weighted by molar-refractivity contribution is 6.02. The minimum atomic E-state index is -0.724. The quantitative estimate of drug-likeness (QED) is 0.517. The number of fused-ring (bicyclic) bond motifs is 1. The maximum absolute atomic E-state index is 13.2. The number of ether oxygens (including phenoxy) is 2. The number of hydrogen-bond acceptors (Lipinski definition) is 7. The molecule has 8 nitrogen and oxygen atoms in total. The third kappa shape index (κ3) is 3.79. The lowest BCUT2D eigenvalue weighted by atomic mass is 10.1. The molecule has 1 aromatic carbocycles. The van der Waals surface area contributed by atoms with Crippen LogP contribution in [-0.2, 0) is 4.74 Å². The molecule has 8 heteroatoms. The molecule has 3 heterocycles. The Morgan fingerprint density at radius 3 is 2.45 bits per heavy atom. The van der Waals surface area contributed by atoms with E-state index in [9.17, 15) is 9.90 Å². The van der Waals surface area contributed by atoms with E-state index < -0.39 is 11.7 Å². The van der Waals surface area contributed by atoms with Gasteiger partial charge in [0.15, 0.2) is 0 Å². The zero-order valence-corrected chi connectivity index (χ0v) is 17.7. The molecule has 4 aromatic rings. The van der Waals surface area contributed by atoms with Crippen LogP contribution in [-0.4, -0.2) is 43.7 Å². The molecule has 0 saturated heterocycles. The fraction of sp³-hybridized carbons (Fsp3) is 0.217. The molecular formula is C23H22N4O4. The van der Waals surface area contributed by atoms with Crippen molar-refractivity contribution in [3.05, 3.63) is 54.9 Å². The predicted octanol–water partition coefficient (Wildman–Crippen LogP) is 4.66. The van der Waals surface area contributed by atoms with Crippen LogP contribution in [0.1, 0.15) is 20.8 Å². The lowest BCUT2D eigenvalue weighted by molar-refractivity contribution is 0.0546. The van der Waals surface area contributed by atoms with E-state index >= 15 is 0 Å². The summed E-state index contributed by atoms with van der Waals surface area (Å²) in [7, 11) is 1.46. The molecule has 0 bridgehead atoms. The number of para-hydroxylation sites is 1. The van der Waals surface area contributed by atoms with Gasteiger partial charge in [-0.15, -0.1) is 10.2 Å². The largest absolute Gasteiger partial charge is 0.505 e. The monoisotopic (exact) mass is 418 g/mol. The van der Waals surface area contributed by atoms with Crippen LogP contribution in [0, 0.1) is 0 Å². The lowest BCUT2D eigenvalue weighted by Gasteiger charge is -2.21. The van der Waals surface area contributed by atoms with Gasteiger partial charge in [-0.25, -0.2) is 9.36 Å². The molecule has 0 aliphatic carbocycles. The molecule has 0 aliphatic rings. The Balaban J connectivity index is 2.01. The highest BCUT2D eigenvalue weighted by Crippen LogP contribution is 2.43. The number of methoxy groups -OCH3 is 1. The van der Waals surface area contributed by atoms with Crippen molar-refractivity contribution in [2.24, 2.45) is 0 Å². The van der Waals surface area contributed by atoms with Crippen molar-refractivity contribution in [2.45, 2.75) is 26.4 Å². The van der Waals surface area contributed by atoms with E-state index in [4.69, 9.17) is 9.47 Å². The summed E-state index contributed by atoms with van der Waals surface area (Å²) in [6.07, 6.45) is 2.68. The van der Waals surface area contributed by atoms with Gasteiger partial charge in [-0.2, -0.15) is 0 Å². The molecule has 4 rings (SSSR count). The minimum Gasteiger partial charge on any atom is -0.505 e. The van der Waals surface area contributed by atoms with Gasteiger partial charge < -0.3 is 14.6 Å². The van der Waals surface area contributed by atoms with E-state index in [2.05, 4.69) is 15.2 Å². The highest BCUT2D eigenvalue weighted by atomic mass is 16.6. The third-order valence-corrected chi connectivity index (χ3v) is 4.61. The maximum Gasteiger partial charge on any atom is 0.419 e. The SMILES string of the molecule is COc1nnc(-c2ccncc2)cc1-c1c(O)c2ccccc2n1C(=O)OC(C)(C)C. The first-order chi connectivity index (χ1) is 14.8. The molecule has 0 amide bonds. The number of benzene rings is 1. The molecule has 0 saturated carbocycles. The number of carbonyl (C=O) groups excluding carboxylic acids is 1. The molecule has 3 aromatic heterocycles. The van der Waals surface area contributed by atoms with Gasteiger partial charge in [-0.1, -0.05) is 12.1 Å². The van der Waals surface area contributed by atoms with Crippen LogP contribution in [0.3, 0.4) is 0 Å². The average Bonchev–Trinajstić information content (AvgIpc) is 3.05. The topological polar surface area (TPSA) is 99.4 Å². The van der Waals surface area contributed by atoms with Crippen molar-refractivity contribution >= 4 is 17.0 Å². The van der Waals surface area contributed by atoms with Gasteiger partial charge in [0, 0.05) is 23.3 Å². The highest BCUT2D eigenvalue weighted by Gasteiger charge is 2.29. The third-order valence-electron chi connectivity index (χ3n) is 4.61. The minimum absolute atomic E-state index is 0.0755. The summed E-state index contributed by atoms with van der Waals surface area (Å²) in [6.45, 7) is 5.35. The second-order valence-electron chi connectivity index (χ2n) is 7.92. The molecule has 0 spiro atoms. The predicted molar refractivity (Wildman–Crippen MR) is 116 cm³/mol. The maximum atomic E-state index is 13.2. The number of hydrogen-bond donors (Lipinski definition) is 1. The lowest BCUT2D eigenvalue weighted by Crippen LogP contribution is -2.27. The number of carbonyl (C=O) groups is 1. The summed E-state index contributed by atoms with van der Waals surface area (Å²) in [4.78, 5) is 17.2. The number of pyridine rings is 1. The Kier molecular flexibility index (Phi) is 5.06. The number of aromatic hydroxyl groups is 1. The van der Waals surface area contributed by atoms with Gasteiger partial charge >= 0.3 is 6.09 Å². The van der Waals surface area contributed by atoms with Crippen LogP contribution in [0.15, 0.2) is 54.9 Å². The van der Waals surface area contributed by atoms with Crippen molar-refractivity contribution in [1.82, 2.24) is 19.7 Å². The summed E-state index contributed by atoms with van der Waals surface area (Å²) in [5, 5.41) is 20.0. The standard InChI is InChI=1S/C23H22N4O4/c1-23(2,3)31-22(29)27-18-8-6-5-7-15(18)20(28)19(27)16-13-17(25-26-21(16)30-4)14-9-11-24-12-10-14/h5-13,28H,1-4H3. The van der Waals surface area contributed by atoms with Crippen molar-refractivity contribution < 1.29 is 19.4 Å². The Bertz CT molecular complexity index is 1260. The second kappa shape index (κ2) is 7.71. The Labute approximate surface area is 179 Å². The molecule has 0 radical (unpaired) electrons. The van der Waals surface area contributed by atoms with Crippen LogP contribution in [0.5, 0.6) is 11.6 Å². The van der Waals surface area contributed by atoms with E-state index in [0.29, 0.717) is 22.2 Å². The van der Waals surface area contributed by atoms with Crippen molar-refractivity contribution in [3.63, 3.8) is 0 Å². The smallest absolute Gasteiger partial charge is 0.419 e. The Morgan fingerprint density at radius 1 is 1.06 bits per heavy atom. The van der Waals surface area contributed by atoms with E-state index in [-0.39, 0.29) is 17.3 Å². The van der Waals surface area contributed by atoms with Gasteiger partial charge in [0.2, 0.25) is 5.88 Å². The normalized spacial score (nSPS) is 11.5. The molecule has 1 N–H and O–H groups in total. The first kappa shape index (κ1) is 20.3. The summed E-state index contributed by atoms with van der Waals surface area (Å²) in [5.41, 5.74) is 1.73.